The smallest absolute Gasteiger partial charge is 0.122 e. The van der Waals surface area contributed by atoms with Gasteiger partial charge in [-0.3, -0.25) is 0 Å². The van der Waals surface area contributed by atoms with Crippen molar-refractivity contribution in [1.29, 1.82) is 0 Å². The van der Waals surface area contributed by atoms with Crippen molar-refractivity contribution < 1.29 is 4.74 Å². The minimum atomic E-state index is 0.674. The predicted molar refractivity (Wildman–Crippen MR) is 78.0 cm³/mol. The first-order valence-electron chi connectivity index (χ1n) is 7.22. The Morgan fingerprint density at radius 1 is 1.22 bits per heavy atom. The third kappa shape index (κ3) is 5.09. The summed E-state index contributed by atoms with van der Waals surface area (Å²) in [5, 5.41) is 0. The number of ether oxygens (including phenoxy) is 1. The van der Waals surface area contributed by atoms with Crippen molar-refractivity contribution >= 4 is 0 Å². The second-order valence-corrected chi connectivity index (χ2v) is 4.87. The van der Waals surface area contributed by atoms with E-state index < -0.39 is 0 Å². The van der Waals surface area contributed by atoms with Crippen LogP contribution < -0.4 is 10.5 Å². The summed E-state index contributed by atoms with van der Waals surface area (Å²) in [6, 6.07) is 8.24. The van der Waals surface area contributed by atoms with Crippen LogP contribution in [0.3, 0.4) is 0 Å². The van der Waals surface area contributed by atoms with Crippen molar-refractivity contribution in [2.24, 2.45) is 11.7 Å². The minimum absolute atomic E-state index is 0.674. The first-order valence-corrected chi connectivity index (χ1v) is 7.22. The van der Waals surface area contributed by atoms with Crippen LogP contribution in [-0.4, -0.2) is 13.2 Å². The van der Waals surface area contributed by atoms with Gasteiger partial charge in [-0.15, -0.1) is 0 Å². The molecule has 0 spiro atoms. The first-order chi connectivity index (χ1) is 8.81. The topological polar surface area (TPSA) is 35.2 Å². The standard InChI is InChI=1S/C16H27NO/c1-3-5-8-14(4-2)13-18-16-10-7-6-9-15(16)11-12-17/h6-7,9-10,14H,3-5,8,11-13,17H2,1-2H3. The molecular weight excluding hydrogens is 222 g/mol. The number of para-hydroxylation sites is 1. The van der Waals surface area contributed by atoms with E-state index in [1.807, 2.05) is 12.1 Å². The lowest BCUT2D eigenvalue weighted by Gasteiger charge is -2.17. The predicted octanol–water partition coefficient (Wildman–Crippen LogP) is 3.78. The molecule has 102 valence electrons. The van der Waals surface area contributed by atoms with Crippen molar-refractivity contribution in [3.63, 3.8) is 0 Å². The van der Waals surface area contributed by atoms with Crippen LogP contribution >= 0.6 is 0 Å². The quantitative estimate of drug-likeness (QED) is 0.723. The molecule has 1 unspecified atom stereocenters. The lowest BCUT2D eigenvalue weighted by atomic mass is 10.0. The van der Waals surface area contributed by atoms with Crippen LogP contribution in [0.15, 0.2) is 24.3 Å². The fourth-order valence-corrected chi connectivity index (χ4v) is 2.11. The molecule has 0 aliphatic rings. The highest BCUT2D eigenvalue weighted by molar-refractivity contribution is 5.33. The van der Waals surface area contributed by atoms with E-state index in [-0.39, 0.29) is 0 Å². The monoisotopic (exact) mass is 249 g/mol. The van der Waals surface area contributed by atoms with Crippen molar-refractivity contribution in [3.05, 3.63) is 29.8 Å². The molecule has 1 atom stereocenters. The van der Waals surface area contributed by atoms with Gasteiger partial charge >= 0.3 is 0 Å². The molecule has 2 nitrogen and oxygen atoms in total. The van der Waals surface area contributed by atoms with Gasteiger partial charge in [-0.25, -0.2) is 0 Å². The van der Waals surface area contributed by atoms with Crippen LogP contribution in [0, 0.1) is 5.92 Å². The Morgan fingerprint density at radius 3 is 2.67 bits per heavy atom. The summed E-state index contributed by atoms with van der Waals surface area (Å²) >= 11 is 0. The van der Waals surface area contributed by atoms with Crippen LogP contribution in [0.1, 0.15) is 45.1 Å². The first kappa shape index (κ1) is 15.0. The van der Waals surface area contributed by atoms with Gasteiger partial charge in [0, 0.05) is 0 Å². The fourth-order valence-electron chi connectivity index (χ4n) is 2.11. The van der Waals surface area contributed by atoms with Gasteiger partial charge in [0.1, 0.15) is 5.75 Å². The number of unbranched alkanes of at least 4 members (excludes halogenated alkanes) is 1. The summed E-state index contributed by atoms with van der Waals surface area (Å²) in [5.41, 5.74) is 6.85. The summed E-state index contributed by atoms with van der Waals surface area (Å²) < 4.78 is 5.98. The molecule has 1 aromatic rings. The number of nitrogens with two attached hydrogens (primary N) is 1. The van der Waals surface area contributed by atoms with Crippen LogP contribution in [-0.2, 0) is 6.42 Å². The van der Waals surface area contributed by atoms with Crippen LogP contribution in [0.4, 0.5) is 0 Å². The van der Waals surface area contributed by atoms with E-state index in [1.54, 1.807) is 0 Å². The highest BCUT2D eigenvalue weighted by Gasteiger charge is 2.08. The lowest BCUT2D eigenvalue weighted by Crippen LogP contribution is -2.13. The summed E-state index contributed by atoms with van der Waals surface area (Å²) in [6.45, 7) is 5.99. The largest absolute Gasteiger partial charge is 0.493 e. The maximum Gasteiger partial charge on any atom is 0.122 e. The van der Waals surface area contributed by atoms with Gasteiger partial charge in [0.15, 0.2) is 0 Å². The Bertz CT molecular complexity index is 325. The Morgan fingerprint density at radius 2 is 2.00 bits per heavy atom. The van der Waals surface area contributed by atoms with Gasteiger partial charge in [0.05, 0.1) is 6.61 Å². The number of hydrogen-bond donors (Lipinski definition) is 1. The Hall–Kier alpha value is -1.02. The number of hydrogen-bond acceptors (Lipinski definition) is 2. The van der Waals surface area contributed by atoms with Gasteiger partial charge in [0.25, 0.3) is 0 Å². The molecule has 0 fully saturated rings. The highest BCUT2D eigenvalue weighted by Crippen LogP contribution is 2.21. The normalized spacial score (nSPS) is 12.4. The molecule has 0 aromatic heterocycles. The molecule has 1 aromatic carbocycles. The van der Waals surface area contributed by atoms with E-state index in [2.05, 4.69) is 26.0 Å². The molecule has 18 heavy (non-hydrogen) atoms. The van der Waals surface area contributed by atoms with Crippen molar-refractivity contribution in [1.82, 2.24) is 0 Å². The van der Waals surface area contributed by atoms with Gasteiger partial charge in [-0.05, 0) is 36.9 Å². The molecule has 0 saturated carbocycles. The molecule has 0 heterocycles. The summed E-state index contributed by atoms with van der Waals surface area (Å²) in [7, 11) is 0. The SMILES string of the molecule is CCCCC(CC)COc1ccccc1CCN. The van der Waals surface area contributed by atoms with E-state index in [0.29, 0.717) is 12.5 Å². The van der Waals surface area contributed by atoms with Gasteiger partial charge in [0.2, 0.25) is 0 Å². The molecule has 2 heteroatoms. The Labute approximate surface area is 112 Å². The molecule has 0 aliphatic carbocycles. The highest BCUT2D eigenvalue weighted by atomic mass is 16.5. The van der Waals surface area contributed by atoms with Crippen molar-refractivity contribution in [2.75, 3.05) is 13.2 Å². The fraction of sp³-hybridized carbons (Fsp3) is 0.625. The zero-order valence-corrected chi connectivity index (χ0v) is 11.8. The molecule has 1 rings (SSSR count). The van der Waals surface area contributed by atoms with Crippen LogP contribution in [0.25, 0.3) is 0 Å². The van der Waals surface area contributed by atoms with Gasteiger partial charge < -0.3 is 10.5 Å². The van der Waals surface area contributed by atoms with E-state index in [0.717, 1.165) is 18.8 Å². The Kier molecular flexibility index (Phi) is 7.51. The molecule has 2 N–H and O–H groups in total. The molecule has 0 saturated heterocycles. The lowest BCUT2D eigenvalue weighted by molar-refractivity contribution is 0.231. The maximum atomic E-state index is 5.98. The summed E-state index contributed by atoms with van der Waals surface area (Å²) in [6.07, 6.45) is 5.92. The van der Waals surface area contributed by atoms with E-state index in [1.165, 1.54) is 31.2 Å². The van der Waals surface area contributed by atoms with E-state index in [9.17, 15) is 0 Å². The zero-order valence-electron chi connectivity index (χ0n) is 11.8. The van der Waals surface area contributed by atoms with E-state index >= 15 is 0 Å². The van der Waals surface area contributed by atoms with E-state index in [4.69, 9.17) is 10.5 Å². The summed E-state index contributed by atoms with van der Waals surface area (Å²) in [5.74, 6) is 1.69. The second kappa shape index (κ2) is 8.98. The van der Waals surface area contributed by atoms with Crippen molar-refractivity contribution in [2.45, 2.75) is 46.0 Å². The molecule has 0 bridgehead atoms. The average Bonchev–Trinajstić information content (AvgIpc) is 2.41. The van der Waals surface area contributed by atoms with Crippen LogP contribution in [0.2, 0.25) is 0 Å². The third-order valence-corrected chi connectivity index (χ3v) is 3.40. The average molecular weight is 249 g/mol. The molecule has 0 amide bonds. The van der Waals surface area contributed by atoms with Crippen molar-refractivity contribution in [3.8, 4) is 5.75 Å². The van der Waals surface area contributed by atoms with Gasteiger partial charge in [-0.2, -0.15) is 0 Å². The number of benzene rings is 1. The third-order valence-electron chi connectivity index (χ3n) is 3.40. The molecule has 0 aliphatic heterocycles. The maximum absolute atomic E-state index is 5.98. The second-order valence-electron chi connectivity index (χ2n) is 4.87. The summed E-state index contributed by atoms with van der Waals surface area (Å²) in [4.78, 5) is 0. The Balaban J connectivity index is 2.50. The minimum Gasteiger partial charge on any atom is -0.493 e. The van der Waals surface area contributed by atoms with Gasteiger partial charge in [-0.1, -0.05) is 51.3 Å². The zero-order chi connectivity index (χ0) is 13.2. The van der Waals surface area contributed by atoms with Crippen LogP contribution in [0.5, 0.6) is 5.75 Å². The number of rotatable bonds is 9. The molecule has 0 radical (unpaired) electrons. The molecular formula is C16H27NO.